The molecule has 0 saturated carbocycles. The van der Waals surface area contributed by atoms with E-state index < -0.39 is 0 Å². The first kappa shape index (κ1) is 7.74. The van der Waals surface area contributed by atoms with Crippen molar-refractivity contribution < 1.29 is 0 Å². The van der Waals surface area contributed by atoms with E-state index >= 15 is 0 Å². The van der Waals surface area contributed by atoms with E-state index in [1.807, 2.05) is 0 Å². The Hall–Kier alpha value is -0.260. The highest BCUT2D eigenvalue weighted by Crippen LogP contribution is 1.96. The second-order valence-corrected chi connectivity index (χ2v) is 2.46. The minimum atomic E-state index is 0.724. The molecule has 0 bridgehead atoms. The first-order valence-electron chi connectivity index (χ1n) is 3.44. The number of hydrogen-bond donors (Lipinski definition) is 0. The first-order valence-corrected chi connectivity index (χ1v) is 3.44. The molecule has 0 heteroatoms. The van der Waals surface area contributed by atoms with Gasteiger partial charge in [-0.15, -0.1) is 0 Å². The molecule has 0 unspecified atom stereocenters. The summed E-state index contributed by atoms with van der Waals surface area (Å²) in [4.78, 5) is 0. The van der Waals surface area contributed by atoms with Gasteiger partial charge < -0.3 is 0 Å². The molecule has 0 fully saturated rings. The molecule has 8 heavy (non-hydrogen) atoms. The summed E-state index contributed by atoms with van der Waals surface area (Å²) in [6, 6.07) is 0. The van der Waals surface area contributed by atoms with E-state index in [2.05, 4.69) is 32.9 Å². The average Bonchev–Trinajstić information content (AvgIpc) is 1.66. The normalized spacial score (nSPS) is 11.5. The van der Waals surface area contributed by atoms with E-state index in [0.29, 0.717) is 0 Å². The number of unbranched alkanes of at least 4 members (excludes halogenated alkanes) is 1. The van der Waals surface area contributed by atoms with Crippen LogP contribution in [0.25, 0.3) is 0 Å². The van der Waals surface area contributed by atoms with Gasteiger partial charge in [0.05, 0.1) is 0 Å². The van der Waals surface area contributed by atoms with Crippen LogP contribution in [0, 0.1) is 5.92 Å². The van der Waals surface area contributed by atoms with Crippen molar-refractivity contribution in [2.24, 2.45) is 5.92 Å². The molecule has 0 aliphatic carbocycles. The van der Waals surface area contributed by atoms with Gasteiger partial charge >= 0.3 is 0 Å². The molecule has 0 atom stereocenters. The lowest BCUT2D eigenvalue weighted by molar-refractivity contribution is 0.819. The van der Waals surface area contributed by atoms with E-state index in [1.165, 1.54) is 12.8 Å². The summed E-state index contributed by atoms with van der Waals surface area (Å²) in [7, 11) is 0. The van der Waals surface area contributed by atoms with Gasteiger partial charge in [0.1, 0.15) is 0 Å². The molecular formula is C8H16. The van der Waals surface area contributed by atoms with Gasteiger partial charge in [-0.3, -0.25) is 0 Å². The molecular weight excluding hydrogens is 96.1 g/mol. The van der Waals surface area contributed by atoms with E-state index in [-0.39, 0.29) is 0 Å². The summed E-state index contributed by atoms with van der Waals surface area (Å²) in [5.74, 6) is 0.724. The Balaban J connectivity index is 3.07. The molecule has 0 rings (SSSR count). The third-order valence-corrected chi connectivity index (χ3v) is 0.976. The third kappa shape index (κ3) is 5.74. The van der Waals surface area contributed by atoms with Gasteiger partial charge in [-0.25, -0.2) is 0 Å². The largest absolute Gasteiger partial charge is 0.0883 e. The Bertz CT molecular complexity index is 60.4. The van der Waals surface area contributed by atoms with Crippen LogP contribution in [0.4, 0.5) is 0 Å². The van der Waals surface area contributed by atoms with Crippen molar-refractivity contribution >= 4 is 0 Å². The molecule has 0 aromatic carbocycles. The Labute approximate surface area is 52.6 Å². The van der Waals surface area contributed by atoms with Gasteiger partial charge in [0.2, 0.25) is 0 Å². The second kappa shape index (κ2) is 4.89. The predicted molar refractivity (Wildman–Crippen MR) is 38.9 cm³/mol. The average molecular weight is 112 g/mol. The lowest BCUT2D eigenvalue weighted by Crippen LogP contribution is -1.75. The molecule has 0 aromatic heterocycles. The fourth-order valence-electron chi connectivity index (χ4n) is 0.535. The fraction of sp³-hybridized carbons (Fsp3) is 0.750. The van der Waals surface area contributed by atoms with Crippen LogP contribution in [0.5, 0.6) is 0 Å². The molecule has 0 amide bonds. The van der Waals surface area contributed by atoms with Crippen LogP contribution in [-0.4, -0.2) is 0 Å². The van der Waals surface area contributed by atoms with Gasteiger partial charge in [0.15, 0.2) is 0 Å². The minimum absolute atomic E-state index is 0.724. The zero-order valence-electron chi connectivity index (χ0n) is 6.15. The Morgan fingerprint density at radius 3 is 2.38 bits per heavy atom. The number of allylic oxidation sites excluding steroid dienone is 2. The molecule has 0 nitrogen and oxygen atoms in total. The van der Waals surface area contributed by atoms with Crippen LogP contribution in [0.15, 0.2) is 12.2 Å². The highest BCUT2D eigenvalue weighted by Gasteiger charge is 1.80. The molecule has 0 N–H and O–H groups in total. The van der Waals surface area contributed by atoms with E-state index in [0.717, 1.165) is 5.92 Å². The second-order valence-electron chi connectivity index (χ2n) is 2.46. The summed E-state index contributed by atoms with van der Waals surface area (Å²) < 4.78 is 0. The quantitative estimate of drug-likeness (QED) is 0.492. The van der Waals surface area contributed by atoms with Crippen molar-refractivity contribution in [2.45, 2.75) is 33.6 Å². The van der Waals surface area contributed by atoms with Crippen molar-refractivity contribution in [3.63, 3.8) is 0 Å². The summed E-state index contributed by atoms with van der Waals surface area (Å²) >= 11 is 0. The van der Waals surface area contributed by atoms with Gasteiger partial charge in [0, 0.05) is 0 Å². The molecule has 48 valence electrons. The van der Waals surface area contributed by atoms with Crippen molar-refractivity contribution in [1.82, 2.24) is 0 Å². The lowest BCUT2D eigenvalue weighted by Gasteiger charge is -1.90. The molecule has 0 aliphatic rings. The van der Waals surface area contributed by atoms with Crippen LogP contribution in [-0.2, 0) is 0 Å². The zero-order chi connectivity index (χ0) is 6.41. The molecule has 0 aliphatic heterocycles. The lowest BCUT2D eigenvalue weighted by atomic mass is 10.2. The summed E-state index contributed by atoms with van der Waals surface area (Å²) in [5.41, 5.74) is 0. The fourth-order valence-corrected chi connectivity index (χ4v) is 0.535. The van der Waals surface area contributed by atoms with Crippen molar-refractivity contribution in [3.8, 4) is 0 Å². The Kier molecular flexibility index (Phi) is 4.73. The van der Waals surface area contributed by atoms with Crippen molar-refractivity contribution in [1.29, 1.82) is 0 Å². The third-order valence-electron chi connectivity index (χ3n) is 0.976. The monoisotopic (exact) mass is 112 g/mol. The standard InChI is InChI=1S/C8H16/c1-4-5-6-7-8(2)3/h6-8H,4-5H2,1-3H3. The first-order chi connectivity index (χ1) is 3.77. The van der Waals surface area contributed by atoms with Gasteiger partial charge in [-0.2, -0.15) is 0 Å². The van der Waals surface area contributed by atoms with Crippen LogP contribution >= 0.6 is 0 Å². The maximum atomic E-state index is 2.25. The molecule has 0 saturated heterocycles. The van der Waals surface area contributed by atoms with E-state index in [9.17, 15) is 0 Å². The highest BCUT2D eigenvalue weighted by atomic mass is 13.9. The van der Waals surface area contributed by atoms with Crippen LogP contribution in [0.1, 0.15) is 33.6 Å². The summed E-state index contributed by atoms with van der Waals surface area (Å²) in [5, 5.41) is 0. The van der Waals surface area contributed by atoms with Crippen LogP contribution in [0.2, 0.25) is 0 Å². The van der Waals surface area contributed by atoms with E-state index in [4.69, 9.17) is 0 Å². The number of rotatable bonds is 3. The molecule has 0 heterocycles. The van der Waals surface area contributed by atoms with Gasteiger partial charge in [-0.1, -0.05) is 39.3 Å². The van der Waals surface area contributed by atoms with Gasteiger partial charge in [0.25, 0.3) is 0 Å². The predicted octanol–water partition coefficient (Wildman–Crippen LogP) is 3.00. The number of hydrogen-bond acceptors (Lipinski definition) is 0. The SMILES string of the molecule is CCCC=CC(C)C. The van der Waals surface area contributed by atoms with Crippen molar-refractivity contribution in [3.05, 3.63) is 12.2 Å². The maximum absolute atomic E-state index is 2.25. The van der Waals surface area contributed by atoms with Crippen LogP contribution in [0.3, 0.4) is 0 Å². The topological polar surface area (TPSA) is 0 Å². The molecule has 0 aromatic rings. The van der Waals surface area contributed by atoms with Crippen molar-refractivity contribution in [2.75, 3.05) is 0 Å². The summed E-state index contributed by atoms with van der Waals surface area (Å²) in [6.45, 7) is 6.60. The van der Waals surface area contributed by atoms with E-state index in [1.54, 1.807) is 0 Å². The molecule has 0 radical (unpaired) electrons. The van der Waals surface area contributed by atoms with Gasteiger partial charge in [-0.05, 0) is 12.3 Å². The Morgan fingerprint density at radius 1 is 1.38 bits per heavy atom. The maximum Gasteiger partial charge on any atom is -0.0290 e. The zero-order valence-corrected chi connectivity index (χ0v) is 6.15. The molecule has 0 spiro atoms. The van der Waals surface area contributed by atoms with Crippen LogP contribution < -0.4 is 0 Å². The smallest absolute Gasteiger partial charge is 0.0290 e. The Morgan fingerprint density at radius 2 is 2.00 bits per heavy atom. The highest BCUT2D eigenvalue weighted by molar-refractivity contribution is 4.83. The summed E-state index contributed by atoms with van der Waals surface area (Å²) in [6.07, 6.45) is 7.01. The minimum Gasteiger partial charge on any atom is -0.0883 e.